The number of halogens is 2. The lowest BCUT2D eigenvalue weighted by molar-refractivity contribution is -0.140. The van der Waals surface area contributed by atoms with E-state index in [0.29, 0.717) is 6.42 Å². The average molecular weight is 276 g/mol. The molecule has 0 saturated heterocycles. The zero-order valence-corrected chi connectivity index (χ0v) is 10.3. The van der Waals surface area contributed by atoms with Crippen LogP contribution >= 0.6 is 23.2 Å². The maximum absolute atomic E-state index is 11.4. The van der Waals surface area contributed by atoms with Crippen molar-refractivity contribution in [1.82, 2.24) is 5.32 Å². The molecule has 1 aromatic carbocycles. The molecule has 2 N–H and O–H groups in total. The number of aliphatic carboxylic acids is 1. The minimum absolute atomic E-state index is 0.123. The Morgan fingerprint density at radius 2 is 1.82 bits per heavy atom. The zero-order valence-electron chi connectivity index (χ0n) is 8.82. The summed E-state index contributed by atoms with van der Waals surface area (Å²) in [5, 5.41) is 10.6. The third kappa shape index (κ3) is 4.63. The summed E-state index contributed by atoms with van der Waals surface area (Å²) in [5.74, 6) is -2.02. The van der Waals surface area contributed by atoms with Gasteiger partial charge in [-0.05, 0) is 12.0 Å². The van der Waals surface area contributed by atoms with Crippen LogP contribution in [0.5, 0.6) is 0 Å². The molecule has 4 nitrogen and oxygen atoms in total. The van der Waals surface area contributed by atoms with Crippen molar-refractivity contribution in [3.8, 4) is 0 Å². The second-order valence-electron chi connectivity index (χ2n) is 3.41. The first-order chi connectivity index (χ1) is 7.92. The van der Waals surface area contributed by atoms with Gasteiger partial charge in [0.2, 0.25) is 5.91 Å². The van der Waals surface area contributed by atoms with E-state index in [9.17, 15) is 9.59 Å². The molecule has 0 aliphatic carbocycles. The summed E-state index contributed by atoms with van der Waals surface area (Å²) in [6.45, 7) is 0. The summed E-state index contributed by atoms with van der Waals surface area (Å²) < 4.78 is -2.27. The predicted octanol–water partition coefficient (Wildman–Crippen LogP) is 1.95. The van der Waals surface area contributed by atoms with Crippen LogP contribution in [0, 0.1) is 0 Å². The van der Waals surface area contributed by atoms with Crippen LogP contribution in [-0.4, -0.2) is 21.4 Å². The Labute approximate surface area is 109 Å². The van der Waals surface area contributed by atoms with Gasteiger partial charge >= 0.3 is 5.97 Å². The molecule has 17 heavy (non-hydrogen) atoms. The van der Waals surface area contributed by atoms with E-state index < -0.39 is 16.3 Å². The lowest BCUT2D eigenvalue weighted by Gasteiger charge is -2.15. The number of aryl methyl sites for hydroxylation is 1. The molecule has 0 radical (unpaired) electrons. The first kappa shape index (κ1) is 13.8. The van der Waals surface area contributed by atoms with Gasteiger partial charge in [0.1, 0.15) is 0 Å². The highest BCUT2D eigenvalue weighted by Crippen LogP contribution is 2.17. The summed E-state index contributed by atoms with van der Waals surface area (Å²) in [6, 6.07) is 9.34. The normalized spacial score (nSPS) is 10.9. The number of hydrogen-bond donors (Lipinski definition) is 2. The predicted molar refractivity (Wildman–Crippen MR) is 65.0 cm³/mol. The standard InChI is InChI=1S/C11H11Cl2NO3/c12-11(13,10(16)17)14-9(15)7-6-8-4-2-1-3-5-8/h1-5H,6-7H2,(H,14,15)(H,16,17). The van der Waals surface area contributed by atoms with Crippen molar-refractivity contribution in [3.63, 3.8) is 0 Å². The molecule has 0 atom stereocenters. The van der Waals surface area contributed by atoms with Crippen LogP contribution in [0.25, 0.3) is 0 Å². The Morgan fingerprint density at radius 1 is 1.24 bits per heavy atom. The van der Waals surface area contributed by atoms with Crippen LogP contribution in [0.4, 0.5) is 0 Å². The topological polar surface area (TPSA) is 66.4 Å². The molecular formula is C11H11Cl2NO3. The molecule has 6 heteroatoms. The molecule has 0 bridgehead atoms. The highest BCUT2D eigenvalue weighted by molar-refractivity contribution is 6.57. The number of hydrogen-bond acceptors (Lipinski definition) is 2. The molecule has 92 valence electrons. The van der Waals surface area contributed by atoms with Crippen molar-refractivity contribution in [3.05, 3.63) is 35.9 Å². The minimum Gasteiger partial charge on any atom is -0.478 e. The van der Waals surface area contributed by atoms with E-state index in [-0.39, 0.29) is 6.42 Å². The number of carboxylic acids is 1. The lowest BCUT2D eigenvalue weighted by Crippen LogP contribution is -2.45. The SMILES string of the molecule is O=C(CCc1ccccc1)NC(Cl)(Cl)C(=O)O. The highest BCUT2D eigenvalue weighted by atomic mass is 35.5. The number of carbonyl (C=O) groups is 2. The van der Waals surface area contributed by atoms with Gasteiger partial charge in [-0.2, -0.15) is 0 Å². The van der Waals surface area contributed by atoms with Crippen molar-refractivity contribution in [1.29, 1.82) is 0 Å². The zero-order chi connectivity index (χ0) is 12.9. The molecule has 0 aliphatic rings. The number of benzene rings is 1. The van der Waals surface area contributed by atoms with Gasteiger partial charge in [0, 0.05) is 6.42 Å². The Kier molecular flexibility index (Phi) is 4.78. The van der Waals surface area contributed by atoms with E-state index in [2.05, 4.69) is 0 Å². The van der Waals surface area contributed by atoms with Gasteiger partial charge in [0.25, 0.3) is 4.46 Å². The van der Waals surface area contributed by atoms with Gasteiger partial charge in [-0.1, -0.05) is 53.5 Å². The summed E-state index contributed by atoms with van der Waals surface area (Å²) in [6.07, 6.45) is 0.620. The van der Waals surface area contributed by atoms with Crippen LogP contribution < -0.4 is 5.32 Å². The van der Waals surface area contributed by atoms with Gasteiger partial charge in [0.15, 0.2) is 0 Å². The summed E-state index contributed by atoms with van der Waals surface area (Å²) in [5.41, 5.74) is 0.979. The van der Waals surface area contributed by atoms with Crippen LogP contribution in [0.3, 0.4) is 0 Å². The van der Waals surface area contributed by atoms with E-state index in [1.54, 1.807) is 0 Å². The fourth-order valence-electron chi connectivity index (χ4n) is 1.19. The van der Waals surface area contributed by atoms with Crippen molar-refractivity contribution < 1.29 is 14.7 Å². The first-order valence-corrected chi connectivity index (χ1v) is 5.63. The number of nitrogens with one attached hydrogen (secondary N) is 1. The number of carbonyl (C=O) groups excluding carboxylic acids is 1. The molecule has 0 spiro atoms. The van der Waals surface area contributed by atoms with E-state index >= 15 is 0 Å². The Bertz CT molecular complexity index is 406. The maximum atomic E-state index is 11.4. The molecule has 1 rings (SSSR count). The van der Waals surface area contributed by atoms with Gasteiger partial charge in [-0.3, -0.25) is 4.79 Å². The van der Waals surface area contributed by atoms with Crippen LogP contribution in [0.1, 0.15) is 12.0 Å². The molecule has 1 amide bonds. The minimum atomic E-state index is -2.27. The van der Waals surface area contributed by atoms with E-state index in [1.807, 2.05) is 35.6 Å². The Morgan fingerprint density at radius 3 is 2.35 bits per heavy atom. The highest BCUT2D eigenvalue weighted by Gasteiger charge is 2.35. The molecule has 0 aromatic heterocycles. The second-order valence-corrected chi connectivity index (χ2v) is 4.74. The summed E-state index contributed by atoms with van der Waals surface area (Å²) in [4.78, 5) is 21.9. The molecule has 0 aliphatic heterocycles. The fraction of sp³-hybridized carbons (Fsp3) is 0.273. The number of carboxylic acid groups (broad SMARTS) is 1. The van der Waals surface area contributed by atoms with Crippen LogP contribution in [0.15, 0.2) is 30.3 Å². The largest absolute Gasteiger partial charge is 0.478 e. The molecule has 1 aromatic rings. The monoisotopic (exact) mass is 275 g/mol. The molecule has 0 unspecified atom stereocenters. The van der Waals surface area contributed by atoms with Crippen LogP contribution in [0.2, 0.25) is 0 Å². The smallest absolute Gasteiger partial charge is 0.361 e. The number of alkyl halides is 2. The van der Waals surface area contributed by atoms with Gasteiger partial charge in [-0.15, -0.1) is 0 Å². The Balaban J connectivity index is 2.44. The van der Waals surface area contributed by atoms with E-state index in [1.165, 1.54) is 0 Å². The second kappa shape index (κ2) is 5.89. The number of amides is 1. The molecule has 0 saturated carbocycles. The van der Waals surface area contributed by atoms with E-state index in [4.69, 9.17) is 28.3 Å². The summed E-state index contributed by atoms with van der Waals surface area (Å²) >= 11 is 10.8. The fourth-order valence-corrected chi connectivity index (χ4v) is 1.40. The first-order valence-electron chi connectivity index (χ1n) is 4.88. The van der Waals surface area contributed by atoms with Crippen molar-refractivity contribution in [2.45, 2.75) is 17.3 Å². The molecule has 0 heterocycles. The van der Waals surface area contributed by atoms with Crippen molar-refractivity contribution in [2.24, 2.45) is 0 Å². The summed E-state index contributed by atoms with van der Waals surface area (Å²) in [7, 11) is 0. The van der Waals surface area contributed by atoms with Gasteiger partial charge in [-0.25, -0.2) is 4.79 Å². The average Bonchev–Trinajstić information content (AvgIpc) is 2.27. The third-order valence-corrected chi connectivity index (χ3v) is 2.56. The van der Waals surface area contributed by atoms with Crippen molar-refractivity contribution >= 4 is 35.1 Å². The maximum Gasteiger partial charge on any atom is 0.361 e. The van der Waals surface area contributed by atoms with E-state index in [0.717, 1.165) is 5.56 Å². The molecule has 0 fully saturated rings. The lowest BCUT2D eigenvalue weighted by atomic mass is 10.1. The quantitative estimate of drug-likeness (QED) is 0.638. The van der Waals surface area contributed by atoms with Crippen molar-refractivity contribution in [2.75, 3.05) is 0 Å². The van der Waals surface area contributed by atoms with Gasteiger partial charge < -0.3 is 10.4 Å². The third-order valence-electron chi connectivity index (χ3n) is 2.05. The van der Waals surface area contributed by atoms with Gasteiger partial charge in [0.05, 0.1) is 0 Å². The number of rotatable bonds is 5. The Hall–Kier alpha value is -1.26. The molecular weight excluding hydrogens is 265 g/mol. The van der Waals surface area contributed by atoms with Crippen LogP contribution in [-0.2, 0) is 16.0 Å².